The van der Waals surface area contributed by atoms with Crippen LogP contribution in [0.3, 0.4) is 0 Å². The highest BCUT2D eigenvalue weighted by molar-refractivity contribution is 5.99. The van der Waals surface area contributed by atoms with E-state index < -0.39 is 11.7 Å². The number of ether oxygens (including phenoxy) is 1. The molecule has 0 bridgehead atoms. The van der Waals surface area contributed by atoms with Crippen LogP contribution in [0.15, 0.2) is 29.8 Å². The van der Waals surface area contributed by atoms with Crippen LogP contribution in [0.5, 0.6) is 5.75 Å². The fourth-order valence-corrected chi connectivity index (χ4v) is 2.83. The molecule has 1 amide bonds. The molecule has 2 rings (SSSR count). The zero-order valence-electron chi connectivity index (χ0n) is 14.6. The van der Waals surface area contributed by atoms with Gasteiger partial charge in [-0.05, 0) is 44.2 Å². The predicted octanol–water partition coefficient (Wildman–Crippen LogP) is 5.32. The number of anilines is 1. The number of allylic oxidation sites excluding steroid dienone is 1. The number of carbonyl (C=O) groups excluding carboxylic acids is 1. The van der Waals surface area contributed by atoms with Crippen LogP contribution in [0.1, 0.15) is 46.0 Å². The summed E-state index contributed by atoms with van der Waals surface area (Å²) in [5.74, 6) is -3.87. The normalized spacial score (nSPS) is 20.2. The van der Waals surface area contributed by atoms with Crippen LogP contribution in [0, 0.1) is 11.7 Å². The molecule has 1 aliphatic carbocycles. The number of alkyl halides is 2. The summed E-state index contributed by atoms with van der Waals surface area (Å²) in [7, 11) is 0. The summed E-state index contributed by atoms with van der Waals surface area (Å²) in [5, 5.41) is 2.58. The molecule has 1 N–H and O–H groups in total. The maximum absolute atomic E-state index is 14.1. The quantitative estimate of drug-likeness (QED) is 0.701. The van der Waals surface area contributed by atoms with Crippen molar-refractivity contribution in [2.45, 2.75) is 51.9 Å². The molecular weight excluding hydrogens is 331 g/mol. The van der Waals surface area contributed by atoms with Crippen molar-refractivity contribution in [2.24, 2.45) is 5.92 Å². The molecule has 0 radical (unpaired) electrons. The Kier molecular flexibility index (Phi) is 6.51. The van der Waals surface area contributed by atoms with E-state index in [9.17, 15) is 18.0 Å². The Labute approximate surface area is 146 Å². The standard InChI is InChI=1S/C19H24F3NO2/c1-3-13(2)9-18(24)23-15-6-7-17(16(20)10-15)25-12-14-5-4-8-19(21,22)11-14/h6-7,9-10,14H,3-5,8,11-12H2,1-2H3,(H,23,24)/b13-9+. The molecule has 1 fully saturated rings. The molecule has 3 nitrogen and oxygen atoms in total. The molecule has 1 unspecified atom stereocenters. The first-order valence-electron chi connectivity index (χ1n) is 8.57. The molecule has 1 aromatic carbocycles. The Bertz CT molecular complexity index is 644. The largest absolute Gasteiger partial charge is 0.490 e. The summed E-state index contributed by atoms with van der Waals surface area (Å²) >= 11 is 0. The molecule has 25 heavy (non-hydrogen) atoms. The first kappa shape index (κ1) is 19.3. The summed E-state index contributed by atoms with van der Waals surface area (Å²) in [5.41, 5.74) is 1.24. The van der Waals surface area contributed by atoms with Gasteiger partial charge in [0.05, 0.1) is 6.61 Å². The van der Waals surface area contributed by atoms with Gasteiger partial charge in [0.1, 0.15) is 0 Å². The predicted molar refractivity (Wildman–Crippen MR) is 91.5 cm³/mol. The molecule has 6 heteroatoms. The summed E-state index contributed by atoms with van der Waals surface area (Å²) in [4.78, 5) is 11.8. The smallest absolute Gasteiger partial charge is 0.248 e. The number of rotatable bonds is 6. The Balaban J connectivity index is 1.92. The summed E-state index contributed by atoms with van der Waals surface area (Å²) in [6, 6.07) is 4.10. The highest BCUT2D eigenvalue weighted by atomic mass is 19.3. The Morgan fingerprint density at radius 1 is 1.44 bits per heavy atom. The summed E-state index contributed by atoms with van der Waals surface area (Å²) in [6.45, 7) is 3.84. The third-order valence-corrected chi connectivity index (χ3v) is 4.35. The van der Waals surface area contributed by atoms with Crippen molar-refractivity contribution in [3.05, 3.63) is 35.7 Å². The monoisotopic (exact) mass is 355 g/mol. The number of hydrogen-bond acceptors (Lipinski definition) is 2. The lowest BCUT2D eigenvalue weighted by Gasteiger charge is -2.28. The van der Waals surface area contributed by atoms with Crippen molar-refractivity contribution < 1.29 is 22.7 Å². The van der Waals surface area contributed by atoms with E-state index >= 15 is 0 Å². The highest BCUT2D eigenvalue weighted by Gasteiger charge is 2.36. The Hall–Kier alpha value is -1.98. The zero-order chi connectivity index (χ0) is 18.4. The number of carbonyl (C=O) groups is 1. The molecule has 1 aromatic rings. The first-order chi connectivity index (χ1) is 11.8. The molecule has 1 atom stereocenters. The van der Waals surface area contributed by atoms with Gasteiger partial charge in [-0.2, -0.15) is 0 Å². The van der Waals surface area contributed by atoms with Crippen LogP contribution in [-0.2, 0) is 4.79 Å². The summed E-state index contributed by atoms with van der Waals surface area (Å²) in [6.07, 6.45) is 3.04. The maximum Gasteiger partial charge on any atom is 0.248 e. The van der Waals surface area contributed by atoms with Gasteiger partial charge in [0.2, 0.25) is 11.8 Å². The van der Waals surface area contributed by atoms with Gasteiger partial charge in [-0.1, -0.05) is 12.5 Å². The third-order valence-electron chi connectivity index (χ3n) is 4.35. The lowest BCUT2D eigenvalue weighted by atomic mass is 9.87. The van der Waals surface area contributed by atoms with Crippen LogP contribution in [0.4, 0.5) is 18.9 Å². The second-order valence-corrected chi connectivity index (χ2v) is 6.61. The van der Waals surface area contributed by atoms with E-state index in [2.05, 4.69) is 5.32 Å². The van der Waals surface area contributed by atoms with Crippen molar-refractivity contribution in [1.82, 2.24) is 0 Å². The fraction of sp³-hybridized carbons (Fsp3) is 0.526. The van der Waals surface area contributed by atoms with E-state index in [-0.39, 0.29) is 37.0 Å². The van der Waals surface area contributed by atoms with Gasteiger partial charge in [-0.25, -0.2) is 13.2 Å². The van der Waals surface area contributed by atoms with Crippen LogP contribution >= 0.6 is 0 Å². The molecule has 1 aliphatic rings. The number of nitrogens with one attached hydrogen (secondary N) is 1. The molecule has 0 aromatic heterocycles. The van der Waals surface area contributed by atoms with Gasteiger partial charge >= 0.3 is 0 Å². The van der Waals surface area contributed by atoms with Crippen LogP contribution in [0.25, 0.3) is 0 Å². The van der Waals surface area contributed by atoms with Crippen molar-refractivity contribution >= 4 is 11.6 Å². The van der Waals surface area contributed by atoms with E-state index in [1.165, 1.54) is 18.2 Å². The van der Waals surface area contributed by atoms with Gasteiger partial charge in [-0.15, -0.1) is 0 Å². The molecule has 138 valence electrons. The lowest BCUT2D eigenvalue weighted by Crippen LogP contribution is -2.29. The minimum atomic E-state index is -2.65. The van der Waals surface area contributed by atoms with Gasteiger partial charge in [0, 0.05) is 30.7 Å². The second-order valence-electron chi connectivity index (χ2n) is 6.61. The minimum Gasteiger partial charge on any atom is -0.490 e. The fourth-order valence-electron chi connectivity index (χ4n) is 2.83. The molecular formula is C19H24F3NO2. The van der Waals surface area contributed by atoms with Crippen LogP contribution in [0.2, 0.25) is 0 Å². The number of amides is 1. The van der Waals surface area contributed by atoms with E-state index in [4.69, 9.17) is 4.74 Å². The van der Waals surface area contributed by atoms with Crippen molar-refractivity contribution in [2.75, 3.05) is 11.9 Å². The van der Waals surface area contributed by atoms with Gasteiger partial charge in [-0.3, -0.25) is 4.79 Å². The topological polar surface area (TPSA) is 38.3 Å². The van der Waals surface area contributed by atoms with Gasteiger partial charge in [0.15, 0.2) is 11.6 Å². The van der Waals surface area contributed by atoms with Gasteiger partial charge in [0.25, 0.3) is 0 Å². The molecule has 0 heterocycles. The van der Waals surface area contributed by atoms with E-state index in [0.29, 0.717) is 18.5 Å². The van der Waals surface area contributed by atoms with E-state index in [1.54, 1.807) is 0 Å². The lowest BCUT2D eigenvalue weighted by molar-refractivity contribution is -0.112. The van der Waals surface area contributed by atoms with Crippen molar-refractivity contribution in [3.63, 3.8) is 0 Å². The average molecular weight is 355 g/mol. The van der Waals surface area contributed by atoms with E-state index in [1.807, 2.05) is 13.8 Å². The van der Waals surface area contributed by atoms with Gasteiger partial charge < -0.3 is 10.1 Å². The SMILES string of the molecule is CC/C(C)=C/C(=O)Nc1ccc(OCC2CCCC(F)(F)C2)c(F)c1. The van der Waals surface area contributed by atoms with E-state index in [0.717, 1.165) is 18.1 Å². The zero-order valence-corrected chi connectivity index (χ0v) is 14.6. The molecule has 0 saturated heterocycles. The van der Waals surface area contributed by atoms with Crippen LogP contribution in [-0.4, -0.2) is 18.4 Å². The molecule has 1 saturated carbocycles. The highest BCUT2D eigenvalue weighted by Crippen LogP contribution is 2.37. The Morgan fingerprint density at radius 2 is 2.20 bits per heavy atom. The molecule has 0 spiro atoms. The molecule has 0 aliphatic heterocycles. The minimum absolute atomic E-state index is 0.00664. The van der Waals surface area contributed by atoms with Crippen LogP contribution < -0.4 is 10.1 Å². The first-order valence-corrected chi connectivity index (χ1v) is 8.57. The van der Waals surface area contributed by atoms with Crippen molar-refractivity contribution in [3.8, 4) is 5.75 Å². The second kappa shape index (κ2) is 8.41. The third kappa shape index (κ3) is 6.11. The number of halogens is 3. The van der Waals surface area contributed by atoms with Crippen molar-refractivity contribution in [1.29, 1.82) is 0 Å². The number of benzene rings is 1. The average Bonchev–Trinajstić information content (AvgIpc) is 2.53. The number of hydrogen-bond donors (Lipinski definition) is 1. The summed E-state index contributed by atoms with van der Waals surface area (Å²) < 4.78 is 46.2. The Morgan fingerprint density at radius 3 is 2.84 bits per heavy atom. The maximum atomic E-state index is 14.1.